The van der Waals surface area contributed by atoms with Crippen LogP contribution in [0.25, 0.3) is 0 Å². The number of carbonyl (C=O) groups excluding carboxylic acids is 2. The second-order valence-corrected chi connectivity index (χ2v) is 5.33. The number of carboxylic acid groups (broad SMARTS) is 2. The second-order valence-electron chi connectivity index (χ2n) is 5.33. The van der Waals surface area contributed by atoms with Crippen LogP contribution in [-0.2, 0) is 22.7 Å². The smallest absolute Gasteiger partial charge is 0.548 e. The first-order valence-corrected chi connectivity index (χ1v) is 7.54. The first-order valence-electron chi connectivity index (χ1n) is 7.54. The van der Waals surface area contributed by atoms with Crippen molar-refractivity contribution in [3.05, 3.63) is 71.8 Å². The number of carbonyl (C=O) groups is 2. The van der Waals surface area contributed by atoms with Gasteiger partial charge in [0.15, 0.2) is 0 Å². The third-order valence-corrected chi connectivity index (χ3v) is 3.58. The Labute approximate surface area is 197 Å². The maximum absolute atomic E-state index is 11.4. The number of benzene rings is 2. The van der Waals surface area contributed by atoms with Crippen LogP contribution in [0.5, 0.6) is 0 Å². The molecule has 2 unspecified atom stereocenters. The average molecular weight is 372 g/mol. The number of nitrogens with one attached hydrogen (secondary N) is 2. The van der Waals surface area contributed by atoms with Gasteiger partial charge in [0.25, 0.3) is 0 Å². The molecule has 0 spiro atoms. The second kappa shape index (κ2) is 13.5. The molecule has 2 rings (SSSR count). The molecule has 2 aromatic rings. The molecule has 26 heavy (non-hydrogen) atoms. The fourth-order valence-corrected chi connectivity index (χ4v) is 2.32. The third kappa shape index (κ3) is 8.33. The van der Waals surface area contributed by atoms with Gasteiger partial charge in [-0.2, -0.15) is 0 Å². The Hall–Kier alpha value is -0.700. The minimum Gasteiger partial charge on any atom is -0.548 e. The summed E-state index contributed by atoms with van der Waals surface area (Å²) >= 11 is 0. The zero-order chi connectivity index (χ0) is 17.4. The van der Waals surface area contributed by atoms with Gasteiger partial charge in [0.1, 0.15) is 0 Å². The summed E-state index contributed by atoms with van der Waals surface area (Å²) in [4.78, 5) is 22.7. The Morgan fingerprint density at radius 1 is 0.692 bits per heavy atom. The Morgan fingerprint density at radius 2 is 1.00 bits per heavy atom. The van der Waals surface area contributed by atoms with Crippen LogP contribution in [0.3, 0.4) is 0 Å². The van der Waals surface area contributed by atoms with Gasteiger partial charge in [-0.3, -0.25) is 0 Å². The third-order valence-electron chi connectivity index (χ3n) is 3.58. The zero-order valence-corrected chi connectivity index (χ0v) is 19.0. The molecule has 0 amide bonds. The fraction of sp³-hybridized carbons (Fsp3) is 0.222. The standard InChI is InChI=1S/C18H20N2O4.2Na/c21-17(22)15(19-11-13-7-3-1-4-8-13)16(18(23)24)20-12-14-9-5-2-6-10-14;;/h1-10,15-16,19-20H,11-12H2,(H,21,22)(H,23,24);;/q;2*+1/p-2. The van der Waals surface area contributed by atoms with Gasteiger partial charge in [-0.15, -0.1) is 0 Å². The van der Waals surface area contributed by atoms with Gasteiger partial charge in [-0.05, 0) is 11.1 Å². The summed E-state index contributed by atoms with van der Waals surface area (Å²) in [7, 11) is 0. The van der Waals surface area contributed by atoms with E-state index in [-0.39, 0.29) is 72.2 Å². The van der Waals surface area contributed by atoms with E-state index in [0.717, 1.165) is 11.1 Å². The van der Waals surface area contributed by atoms with E-state index < -0.39 is 24.0 Å². The molecule has 0 aliphatic carbocycles. The largest absolute Gasteiger partial charge is 1.00 e. The molecule has 0 saturated heterocycles. The van der Waals surface area contributed by atoms with Crippen molar-refractivity contribution in [2.45, 2.75) is 25.2 Å². The molecule has 0 aromatic heterocycles. The number of carboxylic acids is 2. The summed E-state index contributed by atoms with van der Waals surface area (Å²) < 4.78 is 0. The quantitative estimate of drug-likeness (QED) is 0.424. The summed E-state index contributed by atoms with van der Waals surface area (Å²) in [6.45, 7) is 0.409. The van der Waals surface area contributed by atoms with Crippen LogP contribution in [-0.4, -0.2) is 24.0 Å². The van der Waals surface area contributed by atoms with Crippen LogP contribution in [0.2, 0.25) is 0 Å². The Bertz CT molecular complexity index is 612. The van der Waals surface area contributed by atoms with E-state index in [0.29, 0.717) is 0 Å². The van der Waals surface area contributed by atoms with Crippen molar-refractivity contribution >= 4 is 11.9 Å². The monoisotopic (exact) mass is 372 g/mol. The maximum atomic E-state index is 11.4. The molecule has 0 saturated carbocycles. The molecule has 6 nitrogen and oxygen atoms in total. The summed E-state index contributed by atoms with van der Waals surface area (Å²) in [6.07, 6.45) is 0. The van der Waals surface area contributed by atoms with Crippen LogP contribution in [0, 0.1) is 0 Å². The summed E-state index contributed by atoms with van der Waals surface area (Å²) in [6, 6.07) is 15.3. The van der Waals surface area contributed by atoms with E-state index in [1.165, 1.54) is 0 Å². The van der Waals surface area contributed by atoms with E-state index >= 15 is 0 Å². The van der Waals surface area contributed by atoms with Gasteiger partial charge in [0.2, 0.25) is 0 Å². The molecule has 2 aromatic carbocycles. The summed E-state index contributed by atoms with van der Waals surface area (Å²) in [5.74, 6) is -3.00. The Kier molecular flexibility index (Phi) is 13.1. The van der Waals surface area contributed by atoms with Crippen LogP contribution in [0.4, 0.5) is 0 Å². The van der Waals surface area contributed by atoms with Gasteiger partial charge in [0.05, 0.1) is 24.0 Å². The van der Waals surface area contributed by atoms with Crippen LogP contribution in [0.1, 0.15) is 11.1 Å². The van der Waals surface area contributed by atoms with E-state index in [2.05, 4.69) is 10.6 Å². The van der Waals surface area contributed by atoms with Crippen molar-refractivity contribution < 1.29 is 78.9 Å². The summed E-state index contributed by atoms with van der Waals surface area (Å²) in [5.41, 5.74) is 1.67. The molecule has 0 bridgehead atoms. The number of aliphatic carboxylic acids is 2. The van der Waals surface area contributed by atoms with E-state index in [9.17, 15) is 19.8 Å². The molecule has 0 heterocycles. The predicted molar refractivity (Wildman–Crippen MR) is 84.2 cm³/mol. The van der Waals surface area contributed by atoms with Gasteiger partial charge in [0, 0.05) is 13.1 Å². The molecule has 0 aliphatic heterocycles. The normalized spacial score (nSPS) is 12.2. The van der Waals surface area contributed by atoms with Crippen LogP contribution in [0.15, 0.2) is 60.7 Å². The Morgan fingerprint density at radius 3 is 1.27 bits per heavy atom. The average Bonchev–Trinajstić information content (AvgIpc) is 2.59. The van der Waals surface area contributed by atoms with Crippen molar-refractivity contribution in [3.8, 4) is 0 Å². The fourth-order valence-electron chi connectivity index (χ4n) is 2.32. The molecule has 0 fully saturated rings. The molecule has 8 heteroatoms. The number of rotatable bonds is 9. The molecular formula is C18H18N2Na2O4. The van der Waals surface area contributed by atoms with Crippen molar-refractivity contribution in [2.75, 3.05) is 0 Å². The van der Waals surface area contributed by atoms with Crippen molar-refractivity contribution in [1.82, 2.24) is 10.6 Å². The minimum atomic E-state index is -1.50. The van der Waals surface area contributed by atoms with E-state index in [1.807, 2.05) is 60.7 Å². The SMILES string of the molecule is O=C([O-])C(NCc1ccccc1)C(NCc1ccccc1)C(=O)[O-].[Na+].[Na+]. The van der Waals surface area contributed by atoms with Gasteiger partial charge in [-0.1, -0.05) is 60.7 Å². The van der Waals surface area contributed by atoms with Gasteiger partial charge >= 0.3 is 59.1 Å². The summed E-state index contributed by atoms with van der Waals surface area (Å²) in [5, 5.41) is 28.2. The maximum Gasteiger partial charge on any atom is 1.00 e. The van der Waals surface area contributed by atoms with Crippen molar-refractivity contribution in [1.29, 1.82) is 0 Å². The zero-order valence-electron chi connectivity index (χ0n) is 15.0. The van der Waals surface area contributed by atoms with Gasteiger partial charge in [-0.25, -0.2) is 0 Å². The van der Waals surface area contributed by atoms with E-state index in [4.69, 9.17) is 0 Å². The first-order chi connectivity index (χ1) is 11.6. The first kappa shape index (κ1) is 25.3. The number of hydrogen-bond donors (Lipinski definition) is 2. The number of hydrogen-bond acceptors (Lipinski definition) is 6. The van der Waals surface area contributed by atoms with E-state index in [1.54, 1.807) is 0 Å². The molecule has 0 aliphatic rings. The Balaban J connectivity index is 0.00000312. The minimum absolute atomic E-state index is 0. The van der Waals surface area contributed by atoms with Crippen molar-refractivity contribution in [2.24, 2.45) is 0 Å². The predicted octanol–water partition coefficient (Wildman–Crippen LogP) is -7.19. The molecule has 2 atom stereocenters. The molecular weight excluding hydrogens is 354 g/mol. The molecule has 2 N–H and O–H groups in total. The topological polar surface area (TPSA) is 104 Å². The molecule has 0 radical (unpaired) electrons. The van der Waals surface area contributed by atoms with Crippen LogP contribution >= 0.6 is 0 Å². The van der Waals surface area contributed by atoms with Crippen LogP contribution < -0.4 is 80.0 Å². The molecule has 126 valence electrons. The van der Waals surface area contributed by atoms with Crippen molar-refractivity contribution in [3.63, 3.8) is 0 Å². The van der Waals surface area contributed by atoms with Gasteiger partial charge < -0.3 is 30.4 Å².